The Hall–Kier alpha value is -1.79. The van der Waals surface area contributed by atoms with E-state index in [0.717, 1.165) is 11.3 Å². The molecule has 124 valence electrons. The third-order valence-electron chi connectivity index (χ3n) is 3.36. The summed E-state index contributed by atoms with van der Waals surface area (Å²) in [6, 6.07) is 7.08. The van der Waals surface area contributed by atoms with Crippen LogP contribution in [0.3, 0.4) is 0 Å². The van der Waals surface area contributed by atoms with Gasteiger partial charge in [-0.3, -0.25) is 14.5 Å². The quantitative estimate of drug-likeness (QED) is 0.755. The number of ether oxygens (including phenoxy) is 1. The lowest BCUT2D eigenvalue weighted by Gasteiger charge is -2.23. The number of carboxylic acids is 1. The van der Waals surface area contributed by atoms with E-state index in [0.29, 0.717) is 13.1 Å². The number of aliphatic carboxylic acids is 1. The van der Waals surface area contributed by atoms with Gasteiger partial charge in [0.15, 0.2) is 0 Å². The lowest BCUT2D eigenvalue weighted by Crippen LogP contribution is -2.43. The number of nitrogens with zero attached hydrogens (tertiary/aromatic N) is 1. The molecular formula is C15H23ClN2O4. The highest BCUT2D eigenvalue weighted by atomic mass is 35.5. The summed E-state index contributed by atoms with van der Waals surface area (Å²) in [7, 11) is 3.32. The van der Waals surface area contributed by atoms with Gasteiger partial charge >= 0.3 is 5.97 Å². The number of hydrogen-bond acceptors (Lipinski definition) is 4. The molecule has 0 aliphatic heterocycles. The molecule has 0 bridgehead atoms. The fraction of sp³-hybridized carbons (Fsp3) is 0.467. The van der Waals surface area contributed by atoms with Gasteiger partial charge in [0.25, 0.3) is 0 Å². The Morgan fingerprint density at radius 2 is 2.00 bits per heavy atom. The molecule has 0 aliphatic carbocycles. The maximum atomic E-state index is 12.1. The first kappa shape index (κ1) is 20.2. The van der Waals surface area contributed by atoms with Crippen LogP contribution < -0.4 is 10.1 Å². The topological polar surface area (TPSA) is 78.9 Å². The van der Waals surface area contributed by atoms with Crippen molar-refractivity contribution in [2.75, 3.05) is 20.7 Å². The highest BCUT2D eigenvalue weighted by Gasteiger charge is 2.18. The molecule has 7 heteroatoms. The first-order valence-corrected chi connectivity index (χ1v) is 6.77. The molecule has 1 rings (SSSR count). The number of benzene rings is 1. The summed E-state index contributed by atoms with van der Waals surface area (Å²) in [6.07, 6.45) is 0.0145. The van der Waals surface area contributed by atoms with Crippen molar-refractivity contribution in [3.8, 4) is 5.75 Å². The predicted octanol–water partition coefficient (Wildman–Crippen LogP) is 1.53. The number of para-hydroxylation sites is 1. The van der Waals surface area contributed by atoms with E-state index in [-0.39, 0.29) is 30.8 Å². The number of halogens is 1. The number of amides is 1. The van der Waals surface area contributed by atoms with Crippen molar-refractivity contribution in [3.63, 3.8) is 0 Å². The molecule has 2 N–H and O–H groups in total. The van der Waals surface area contributed by atoms with Gasteiger partial charge in [-0.25, -0.2) is 0 Å². The molecule has 1 aromatic carbocycles. The molecule has 1 amide bonds. The second-order valence-corrected chi connectivity index (χ2v) is 4.83. The molecule has 0 saturated carbocycles. The Balaban J connectivity index is 0.00000441. The molecule has 1 atom stereocenters. The van der Waals surface area contributed by atoms with Gasteiger partial charge in [-0.1, -0.05) is 18.2 Å². The van der Waals surface area contributed by atoms with E-state index in [1.807, 2.05) is 24.3 Å². The normalized spacial score (nSPS) is 11.5. The molecule has 0 spiro atoms. The van der Waals surface area contributed by atoms with Crippen molar-refractivity contribution in [1.82, 2.24) is 10.2 Å². The average Bonchev–Trinajstić information content (AvgIpc) is 2.49. The van der Waals surface area contributed by atoms with E-state index >= 15 is 0 Å². The molecule has 1 aromatic rings. The standard InChI is InChI=1S/C15H22N2O4.ClH/c1-11(17(2)9-8-14(18)19)15(20)16-10-12-6-4-5-7-13(12)21-3;/h4-7,11H,8-10H2,1-3H3,(H,16,20)(H,18,19);1H. The van der Waals surface area contributed by atoms with Crippen LogP contribution in [0.4, 0.5) is 0 Å². The summed E-state index contributed by atoms with van der Waals surface area (Å²) in [4.78, 5) is 24.3. The molecule has 0 fully saturated rings. The summed E-state index contributed by atoms with van der Waals surface area (Å²) in [5, 5.41) is 11.5. The van der Waals surface area contributed by atoms with E-state index in [1.165, 1.54) is 0 Å². The second-order valence-electron chi connectivity index (χ2n) is 4.83. The first-order valence-electron chi connectivity index (χ1n) is 6.77. The van der Waals surface area contributed by atoms with Gasteiger partial charge in [0.1, 0.15) is 5.75 Å². The van der Waals surface area contributed by atoms with Crippen LogP contribution in [0.5, 0.6) is 5.75 Å². The maximum Gasteiger partial charge on any atom is 0.304 e. The lowest BCUT2D eigenvalue weighted by atomic mass is 10.2. The van der Waals surface area contributed by atoms with Crippen LogP contribution in [0.25, 0.3) is 0 Å². The molecule has 6 nitrogen and oxygen atoms in total. The van der Waals surface area contributed by atoms with Crippen molar-refractivity contribution in [2.24, 2.45) is 0 Å². The van der Waals surface area contributed by atoms with Gasteiger partial charge in [0.05, 0.1) is 19.6 Å². The number of nitrogens with one attached hydrogen (secondary N) is 1. The highest BCUT2D eigenvalue weighted by molar-refractivity contribution is 5.85. The van der Waals surface area contributed by atoms with Crippen LogP contribution in [0.1, 0.15) is 18.9 Å². The molecular weight excluding hydrogens is 308 g/mol. The van der Waals surface area contributed by atoms with Gasteiger partial charge in [0.2, 0.25) is 5.91 Å². The van der Waals surface area contributed by atoms with E-state index in [1.54, 1.807) is 26.0 Å². The number of hydrogen-bond donors (Lipinski definition) is 2. The van der Waals surface area contributed by atoms with Crippen LogP contribution in [-0.4, -0.2) is 48.6 Å². The van der Waals surface area contributed by atoms with E-state index in [4.69, 9.17) is 9.84 Å². The third-order valence-corrected chi connectivity index (χ3v) is 3.36. The van der Waals surface area contributed by atoms with E-state index < -0.39 is 5.97 Å². The van der Waals surface area contributed by atoms with Crippen molar-refractivity contribution < 1.29 is 19.4 Å². The first-order chi connectivity index (χ1) is 9.95. The predicted molar refractivity (Wildman–Crippen MR) is 86.4 cm³/mol. The summed E-state index contributed by atoms with van der Waals surface area (Å²) in [5.74, 6) is -0.290. The molecule has 22 heavy (non-hydrogen) atoms. The second kappa shape index (κ2) is 10.0. The SMILES string of the molecule is COc1ccccc1CNC(=O)C(C)N(C)CCC(=O)O.Cl. The minimum atomic E-state index is -0.872. The van der Waals surface area contributed by atoms with Gasteiger partial charge in [-0.05, 0) is 20.0 Å². The average molecular weight is 331 g/mol. The minimum Gasteiger partial charge on any atom is -0.496 e. The largest absolute Gasteiger partial charge is 0.496 e. The molecule has 0 saturated heterocycles. The minimum absolute atomic E-state index is 0. The van der Waals surface area contributed by atoms with Crippen LogP contribution in [0.15, 0.2) is 24.3 Å². The third kappa shape index (κ3) is 6.32. The van der Waals surface area contributed by atoms with Crippen LogP contribution in [0.2, 0.25) is 0 Å². The number of carboxylic acid groups (broad SMARTS) is 1. The smallest absolute Gasteiger partial charge is 0.304 e. The van der Waals surface area contributed by atoms with Crippen molar-refractivity contribution in [1.29, 1.82) is 0 Å². The zero-order valence-corrected chi connectivity index (χ0v) is 13.9. The number of rotatable bonds is 8. The summed E-state index contributed by atoms with van der Waals surface area (Å²) in [5.41, 5.74) is 0.897. The van der Waals surface area contributed by atoms with Crippen molar-refractivity contribution in [3.05, 3.63) is 29.8 Å². The monoisotopic (exact) mass is 330 g/mol. The zero-order chi connectivity index (χ0) is 15.8. The van der Waals surface area contributed by atoms with Gasteiger partial charge in [-0.15, -0.1) is 12.4 Å². The fourth-order valence-corrected chi connectivity index (χ4v) is 1.84. The Morgan fingerprint density at radius 3 is 2.59 bits per heavy atom. The summed E-state index contributed by atoms with van der Waals surface area (Å²) in [6.45, 7) is 2.46. The lowest BCUT2D eigenvalue weighted by molar-refractivity contribution is -0.138. The van der Waals surface area contributed by atoms with Crippen molar-refractivity contribution in [2.45, 2.75) is 25.9 Å². The van der Waals surface area contributed by atoms with Crippen LogP contribution in [0, 0.1) is 0 Å². The number of carbonyl (C=O) groups excluding carboxylic acids is 1. The van der Waals surface area contributed by atoms with Gasteiger partial charge in [0, 0.05) is 18.7 Å². The van der Waals surface area contributed by atoms with Gasteiger partial charge < -0.3 is 15.2 Å². The molecule has 0 heterocycles. The van der Waals surface area contributed by atoms with E-state index in [9.17, 15) is 9.59 Å². The molecule has 1 unspecified atom stereocenters. The number of carbonyl (C=O) groups is 2. The Bertz CT molecular complexity index is 496. The van der Waals surface area contributed by atoms with Crippen molar-refractivity contribution >= 4 is 24.3 Å². The summed E-state index contributed by atoms with van der Waals surface area (Å²) >= 11 is 0. The number of likely N-dealkylation sites (N-methyl/N-ethyl adjacent to an activating group) is 1. The Kier molecular flexibility index (Phi) is 9.21. The van der Waals surface area contributed by atoms with Crippen LogP contribution >= 0.6 is 12.4 Å². The number of methoxy groups -OCH3 is 1. The zero-order valence-electron chi connectivity index (χ0n) is 13.0. The fourth-order valence-electron chi connectivity index (χ4n) is 1.84. The van der Waals surface area contributed by atoms with E-state index in [2.05, 4.69) is 5.32 Å². The summed E-state index contributed by atoms with van der Waals surface area (Å²) < 4.78 is 5.22. The highest BCUT2D eigenvalue weighted by Crippen LogP contribution is 2.16. The maximum absolute atomic E-state index is 12.1. The Labute approximate surface area is 136 Å². The van der Waals surface area contributed by atoms with Crippen LogP contribution in [-0.2, 0) is 16.1 Å². The Morgan fingerprint density at radius 1 is 1.36 bits per heavy atom. The molecule has 0 radical (unpaired) electrons. The molecule has 0 aliphatic rings. The molecule has 0 aromatic heterocycles. The van der Waals surface area contributed by atoms with Gasteiger partial charge in [-0.2, -0.15) is 0 Å².